The summed E-state index contributed by atoms with van der Waals surface area (Å²) in [5.74, 6) is 0.156. The lowest BCUT2D eigenvalue weighted by molar-refractivity contribution is -0.0515. The fourth-order valence-electron chi connectivity index (χ4n) is 3.55. The van der Waals surface area contributed by atoms with Crippen molar-refractivity contribution < 1.29 is 37.0 Å². The minimum atomic E-state index is -2.99. The van der Waals surface area contributed by atoms with E-state index >= 15 is 0 Å². The Morgan fingerprint density at radius 1 is 1.13 bits per heavy atom. The zero-order chi connectivity index (χ0) is 26.5. The Morgan fingerprint density at radius 3 is 2.42 bits per heavy atom. The van der Waals surface area contributed by atoms with Gasteiger partial charge in [-0.2, -0.15) is 8.78 Å². The zero-order valence-electron chi connectivity index (χ0n) is 20.7. The molecule has 0 bridgehead atoms. The number of ether oxygens (including phenoxy) is 3. The van der Waals surface area contributed by atoms with Gasteiger partial charge in [-0.1, -0.05) is 0 Å². The second-order valence-corrected chi connectivity index (χ2v) is 8.66. The van der Waals surface area contributed by atoms with E-state index in [1.165, 1.54) is 49.6 Å². The summed E-state index contributed by atoms with van der Waals surface area (Å²) in [6, 6.07) is 9.91. The molecule has 1 aromatic heterocycles. The first-order chi connectivity index (χ1) is 17.7. The monoisotopic (exact) mass is 551 g/mol. The van der Waals surface area contributed by atoms with E-state index in [9.17, 15) is 18.4 Å². The second kappa shape index (κ2) is 12.7. The number of amides is 1. The van der Waals surface area contributed by atoms with Gasteiger partial charge >= 0.3 is 12.6 Å². The van der Waals surface area contributed by atoms with Gasteiger partial charge in [0.15, 0.2) is 11.5 Å². The molecular weight excluding hydrogens is 524 g/mol. The van der Waals surface area contributed by atoms with Crippen LogP contribution in [0.4, 0.5) is 8.78 Å². The van der Waals surface area contributed by atoms with Gasteiger partial charge in [-0.25, -0.2) is 9.78 Å². The fraction of sp³-hybridized carbons (Fsp3) is 0.346. The van der Waals surface area contributed by atoms with Gasteiger partial charge in [0.05, 0.1) is 31.9 Å². The average Bonchev–Trinajstić information content (AvgIpc) is 3.62. The van der Waals surface area contributed by atoms with Crippen molar-refractivity contribution >= 4 is 24.3 Å². The van der Waals surface area contributed by atoms with Crippen LogP contribution in [-0.2, 0) is 11.3 Å². The third-order valence-corrected chi connectivity index (χ3v) is 5.70. The summed E-state index contributed by atoms with van der Waals surface area (Å²) in [6.07, 6.45) is 2.07. The van der Waals surface area contributed by atoms with Crippen LogP contribution in [0.3, 0.4) is 0 Å². The Labute approximate surface area is 224 Å². The topological polar surface area (TPSA) is 126 Å². The molecule has 1 aliphatic carbocycles. The number of aromatic nitrogens is 1. The van der Waals surface area contributed by atoms with Crippen molar-refractivity contribution in [3.8, 4) is 23.0 Å². The minimum absolute atomic E-state index is 0. The summed E-state index contributed by atoms with van der Waals surface area (Å²) in [4.78, 5) is 28.7. The predicted molar refractivity (Wildman–Crippen MR) is 136 cm³/mol. The largest absolute Gasteiger partial charge is 0.489 e. The molecule has 12 heteroatoms. The summed E-state index contributed by atoms with van der Waals surface area (Å²) in [5.41, 5.74) is 7.61. The second-order valence-electron chi connectivity index (χ2n) is 8.66. The summed E-state index contributed by atoms with van der Waals surface area (Å²) >= 11 is 0. The third kappa shape index (κ3) is 7.20. The van der Waals surface area contributed by atoms with Gasteiger partial charge in [0, 0.05) is 11.1 Å². The molecule has 0 aliphatic heterocycles. The number of methoxy groups -OCH3 is 1. The number of halogens is 3. The maximum absolute atomic E-state index is 12.8. The molecule has 1 saturated carbocycles. The number of nitrogens with two attached hydrogens (primary N) is 1. The quantitative estimate of drug-likeness (QED) is 0.323. The first-order valence-electron chi connectivity index (χ1n) is 11.7. The van der Waals surface area contributed by atoms with Gasteiger partial charge < -0.3 is 29.7 Å². The highest BCUT2D eigenvalue weighted by Gasteiger charge is 2.24. The molecule has 3 aromatic rings. The zero-order valence-corrected chi connectivity index (χ0v) is 21.6. The lowest BCUT2D eigenvalue weighted by atomic mass is 10.1. The summed E-state index contributed by atoms with van der Waals surface area (Å²) in [6.45, 7) is -0.856. The number of carbonyl (C=O) groups is 2. The number of nitrogens with one attached hydrogen (secondary N) is 1. The Kier molecular flexibility index (Phi) is 9.65. The molecule has 0 unspecified atom stereocenters. The molecule has 204 valence electrons. The van der Waals surface area contributed by atoms with Crippen LogP contribution in [0.15, 0.2) is 46.9 Å². The lowest BCUT2D eigenvalue weighted by Gasteiger charge is -2.12. The normalized spacial score (nSPS) is 13.4. The molecule has 9 nitrogen and oxygen atoms in total. The number of oxazole rings is 1. The number of benzene rings is 2. The molecule has 3 N–H and O–H groups in total. The van der Waals surface area contributed by atoms with E-state index in [0.29, 0.717) is 40.7 Å². The van der Waals surface area contributed by atoms with E-state index in [4.69, 9.17) is 14.9 Å². The van der Waals surface area contributed by atoms with Crippen LogP contribution in [-0.4, -0.2) is 37.2 Å². The number of hydrogen-bond acceptors (Lipinski definition) is 8. The Morgan fingerprint density at radius 2 is 1.82 bits per heavy atom. The number of esters is 1. The number of hydrogen-bond donors (Lipinski definition) is 2. The fourth-order valence-corrected chi connectivity index (χ4v) is 3.55. The summed E-state index contributed by atoms with van der Waals surface area (Å²) < 4.78 is 46.6. The highest BCUT2D eigenvalue weighted by atomic mass is 35.5. The molecule has 1 amide bonds. The predicted octanol–water partition coefficient (Wildman–Crippen LogP) is 4.89. The molecule has 2 aromatic carbocycles. The molecule has 38 heavy (non-hydrogen) atoms. The lowest BCUT2D eigenvalue weighted by Crippen LogP contribution is -2.24. The maximum atomic E-state index is 12.8. The van der Waals surface area contributed by atoms with Crippen molar-refractivity contribution in [2.24, 2.45) is 11.7 Å². The van der Waals surface area contributed by atoms with Crippen LogP contribution in [0.1, 0.15) is 58.0 Å². The number of rotatable bonds is 11. The maximum Gasteiger partial charge on any atom is 0.387 e. The van der Waals surface area contributed by atoms with Gasteiger partial charge in [0.1, 0.15) is 11.5 Å². The standard InChI is InChI=1S/C26H27F2N3O6.ClH/c1-14(29)22-19(12-30-23(32)16-5-7-17(8-6-16)25(33)34-2)31-24(37-22)18-9-10-20(36-26(27)28)21(11-18)35-13-15-3-4-15;/h5-11,14-15,26H,3-4,12-13,29H2,1-2H3,(H,30,32);1H/t14-;/m0./s1. The molecule has 1 heterocycles. The molecule has 1 fully saturated rings. The highest BCUT2D eigenvalue weighted by molar-refractivity contribution is 5.96. The first-order valence-corrected chi connectivity index (χ1v) is 11.7. The molecule has 0 radical (unpaired) electrons. The number of nitrogens with zero attached hydrogens (tertiary/aromatic N) is 1. The van der Waals surface area contributed by atoms with Gasteiger partial charge in [-0.05, 0) is 68.1 Å². The van der Waals surface area contributed by atoms with Gasteiger partial charge in [-0.3, -0.25) is 4.79 Å². The average molecular weight is 552 g/mol. The van der Waals surface area contributed by atoms with Crippen molar-refractivity contribution in [1.29, 1.82) is 0 Å². The molecular formula is C26H28ClF2N3O6. The molecule has 1 aliphatic rings. The first kappa shape index (κ1) is 28.9. The van der Waals surface area contributed by atoms with Gasteiger partial charge in [-0.15, -0.1) is 12.4 Å². The highest BCUT2D eigenvalue weighted by Crippen LogP contribution is 2.37. The smallest absolute Gasteiger partial charge is 0.387 e. The van der Waals surface area contributed by atoms with E-state index < -0.39 is 18.6 Å². The Hall–Kier alpha value is -3.70. The van der Waals surface area contributed by atoms with Crippen molar-refractivity contribution in [2.45, 2.75) is 39.0 Å². The molecule has 0 saturated heterocycles. The SMILES string of the molecule is COC(=O)c1ccc(C(=O)NCc2nc(-c3ccc(OC(F)F)c(OCC4CC4)c3)oc2[C@H](C)N)cc1.Cl. The van der Waals surface area contributed by atoms with Gasteiger partial charge in [0.25, 0.3) is 5.91 Å². The molecule has 4 rings (SSSR count). The Balaban J connectivity index is 0.00000400. The minimum Gasteiger partial charge on any atom is -0.489 e. The van der Waals surface area contributed by atoms with Crippen LogP contribution < -0.4 is 20.5 Å². The van der Waals surface area contributed by atoms with Crippen molar-refractivity contribution in [3.05, 3.63) is 65.0 Å². The van der Waals surface area contributed by atoms with Crippen LogP contribution in [0.25, 0.3) is 11.5 Å². The van der Waals surface area contributed by atoms with Crippen molar-refractivity contribution in [1.82, 2.24) is 10.3 Å². The number of alkyl halides is 2. The summed E-state index contributed by atoms with van der Waals surface area (Å²) in [7, 11) is 1.28. The van der Waals surface area contributed by atoms with Crippen molar-refractivity contribution in [3.63, 3.8) is 0 Å². The van der Waals surface area contributed by atoms with E-state index in [1.807, 2.05) is 0 Å². The van der Waals surface area contributed by atoms with Gasteiger partial charge in [0.2, 0.25) is 5.89 Å². The van der Waals surface area contributed by atoms with Crippen LogP contribution in [0.5, 0.6) is 11.5 Å². The van der Waals surface area contributed by atoms with E-state index in [2.05, 4.69) is 19.8 Å². The van der Waals surface area contributed by atoms with Crippen LogP contribution in [0.2, 0.25) is 0 Å². The number of carbonyl (C=O) groups excluding carboxylic acids is 2. The van der Waals surface area contributed by atoms with E-state index in [-0.39, 0.29) is 42.2 Å². The van der Waals surface area contributed by atoms with E-state index in [1.54, 1.807) is 6.92 Å². The Bertz CT molecular complexity index is 1260. The molecule has 1 atom stereocenters. The van der Waals surface area contributed by atoms with E-state index in [0.717, 1.165) is 12.8 Å². The molecule has 0 spiro atoms. The van der Waals surface area contributed by atoms with Crippen LogP contribution in [0, 0.1) is 5.92 Å². The third-order valence-electron chi connectivity index (χ3n) is 5.70. The summed E-state index contributed by atoms with van der Waals surface area (Å²) in [5, 5.41) is 2.76. The van der Waals surface area contributed by atoms with Crippen LogP contribution >= 0.6 is 12.4 Å². The van der Waals surface area contributed by atoms with Crippen molar-refractivity contribution in [2.75, 3.05) is 13.7 Å².